The highest BCUT2D eigenvalue weighted by Gasteiger charge is 2.15. The summed E-state index contributed by atoms with van der Waals surface area (Å²) in [7, 11) is 5.86. The summed E-state index contributed by atoms with van der Waals surface area (Å²) in [5.74, 6) is 0.696. The summed E-state index contributed by atoms with van der Waals surface area (Å²) >= 11 is 0. The summed E-state index contributed by atoms with van der Waals surface area (Å²) in [6.07, 6.45) is 1.29. The quantitative estimate of drug-likeness (QED) is 0.526. The minimum Gasteiger partial charge on any atom is -0.390 e. The molecule has 0 fully saturated rings. The van der Waals surface area contributed by atoms with E-state index in [1.165, 1.54) is 10.8 Å². The molecule has 150 valence electrons. The van der Waals surface area contributed by atoms with E-state index >= 15 is 0 Å². The van der Waals surface area contributed by atoms with Gasteiger partial charge in [-0.25, -0.2) is 9.97 Å². The van der Waals surface area contributed by atoms with Gasteiger partial charge in [0.1, 0.15) is 0 Å². The number of likely N-dealkylation sites (N-methyl/N-ethyl adjacent to an activating group) is 1. The van der Waals surface area contributed by atoms with Crippen LogP contribution in [0, 0.1) is 0 Å². The van der Waals surface area contributed by atoms with Crippen molar-refractivity contribution < 1.29 is 5.11 Å². The minimum absolute atomic E-state index is 0.491. The fourth-order valence-electron chi connectivity index (χ4n) is 3.86. The van der Waals surface area contributed by atoms with Gasteiger partial charge in [-0.05, 0) is 25.2 Å². The van der Waals surface area contributed by atoms with Crippen LogP contribution in [0.15, 0.2) is 60.8 Å². The predicted octanol–water partition coefficient (Wildman–Crippen LogP) is 3.14. The average molecular weight is 390 g/mol. The summed E-state index contributed by atoms with van der Waals surface area (Å²) in [6, 6.07) is 18.7. The Hall–Kier alpha value is -2.96. The van der Waals surface area contributed by atoms with Gasteiger partial charge in [0.2, 0.25) is 5.95 Å². The van der Waals surface area contributed by atoms with E-state index < -0.39 is 6.10 Å². The highest BCUT2D eigenvalue weighted by molar-refractivity contribution is 6.07. The smallest absolute Gasteiger partial charge is 0.225 e. The van der Waals surface area contributed by atoms with E-state index in [1.54, 1.807) is 6.20 Å². The van der Waals surface area contributed by atoms with Gasteiger partial charge in [0.05, 0.1) is 18.3 Å². The Morgan fingerprint density at radius 2 is 1.55 bits per heavy atom. The molecule has 0 aliphatic carbocycles. The molecule has 0 aliphatic heterocycles. The molecule has 0 amide bonds. The molecule has 6 heteroatoms. The van der Waals surface area contributed by atoms with Gasteiger partial charge >= 0.3 is 0 Å². The topological polar surface area (TPSA) is 57.4 Å². The second-order valence-electron chi connectivity index (χ2n) is 7.74. The first-order valence-electron chi connectivity index (χ1n) is 9.85. The molecule has 4 rings (SSSR count). The number of para-hydroxylation sites is 2. The van der Waals surface area contributed by atoms with Crippen LogP contribution in [0.2, 0.25) is 0 Å². The van der Waals surface area contributed by atoms with Crippen LogP contribution in [-0.2, 0) is 13.1 Å². The van der Waals surface area contributed by atoms with Crippen LogP contribution in [0.1, 0.15) is 5.69 Å². The summed E-state index contributed by atoms with van der Waals surface area (Å²) in [5, 5.41) is 13.3. The molecule has 4 aromatic rings. The standard InChI is InChI=1S/C23H27N5O/c1-26(2)23-24-13-12-17(25-23)14-27(3)15-18(29)16-28-21-10-6-4-8-19(21)20-9-5-7-11-22(20)28/h4-13,18,29H,14-16H2,1-3H3. The maximum atomic E-state index is 10.8. The molecule has 0 bridgehead atoms. The Balaban J connectivity index is 1.50. The molecule has 1 atom stereocenters. The van der Waals surface area contributed by atoms with Crippen molar-refractivity contribution in [3.8, 4) is 0 Å². The van der Waals surface area contributed by atoms with Crippen LogP contribution in [0.3, 0.4) is 0 Å². The maximum Gasteiger partial charge on any atom is 0.225 e. The molecule has 29 heavy (non-hydrogen) atoms. The van der Waals surface area contributed by atoms with Crippen LogP contribution < -0.4 is 4.90 Å². The number of anilines is 1. The average Bonchev–Trinajstić information content (AvgIpc) is 3.02. The lowest BCUT2D eigenvalue weighted by Gasteiger charge is -2.22. The van der Waals surface area contributed by atoms with Crippen molar-refractivity contribution in [3.05, 3.63) is 66.5 Å². The third-order valence-corrected chi connectivity index (χ3v) is 5.13. The van der Waals surface area contributed by atoms with Gasteiger partial charge in [-0.2, -0.15) is 0 Å². The van der Waals surface area contributed by atoms with Crippen LogP contribution >= 0.6 is 0 Å². The summed E-state index contributed by atoms with van der Waals surface area (Å²) in [6.45, 7) is 1.76. The molecule has 0 saturated carbocycles. The van der Waals surface area contributed by atoms with Crippen molar-refractivity contribution in [1.82, 2.24) is 19.4 Å². The fourth-order valence-corrected chi connectivity index (χ4v) is 3.86. The van der Waals surface area contributed by atoms with Gasteiger partial charge in [0, 0.05) is 55.2 Å². The van der Waals surface area contributed by atoms with E-state index in [1.807, 2.05) is 44.2 Å². The number of fused-ring (bicyclic) bond motifs is 3. The lowest BCUT2D eigenvalue weighted by atomic mass is 10.2. The zero-order valence-corrected chi connectivity index (χ0v) is 17.2. The molecule has 1 N–H and O–H groups in total. The number of aliphatic hydroxyl groups is 1. The number of hydrogen-bond donors (Lipinski definition) is 1. The minimum atomic E-state index is -0.491. The summed E-state index contributed by atoms with van der Waals surface area (Å²) < 4.78 is 2.22. The number of hydrogen-bond acceptors (Lipinski definition) is 5. The first kappa shape index (κ1) is 19.4. The van der Waals surface area contributed by atoms with Gasteiger partial charge in [-0.3, -0.25) is 4.90 Å². The number of nitrogens with zero attached hydrogens (tertiary/aromatic N) is 5. The summed E-state index contributed by atoms with van der Waals surface area (Å²) in [5.41, 5.74) is 3.25. The number of aliphatic hydroxyl groups excluding tert-OH is 1. The van der Waals surface area contributed by atoms with Crippen molar-refractivity contribution in [3.63, 3.8) is 0 Å². The lowest BCUT2D eigenvalue weighted by molar-refractivity contribution is 0.109. The second-order valence-corrected chi connectivity index (χ2v) is 7.74. The number of benzene rings is 2. The van der Waals surface area contributed by atoms with E-state index in [0.29, 0.717) is 25.6 Å². The van der Waals surface area contributed by atoms with Crippen molar-refractivity contribution in [2.45, 2.75) is 19.2 Å². The van der Waals surface area contributed by atoms with Crippen molar-refractivity contribution in [2.24, 2.45) is 0 Å². The van der Waals surface area contributed by atoms with Crippen LogP contribution in [0.5, 0.6) is 0 Å². The predicted molar refractivity (Wildman–Crippen MR) is 118 cm³/mol. The zero-order valence-electron chi connectivity index (χ0n) is 17.2. The monoisotopic (exact) mass is 389 g/mol. The van der Waals surface area contributed by atoms with Gasteiger partial charge in [0.25, 0.3) is 0 Å². The number of aromatic nitrogens is 3. The van der Waals surface area contributed by atoms with Gasteiger partial charge in [-0.1, -0.05) is 36.4 Å². The second kappa shape index (κ2) is 8.19. The normalized spacial score (nSPS) is 12.7. The molecule has 2 heterocycles. The molecule has 6 nitrogen and oxygen atoms in total. The van der Waals surface area contributed by atoms with E-state index in [0.717, 1.165) is 16.7 Å². The van der Waals surface area contributed by atoms with Crippen LogP contribution in [0.4, 0.5) is 5.95 Å². The number of rotatable bonds is 7. The highest BCUT2D eigenvalue weighted by atomic mass is 16.3. The fraction of sp³-hybridized carbons (Fsp3) is 0.304. The Morgan fingerprint density at radius 3 is 2.17 bits per heavy atom. The SMILES string of the molecule is CN(Cc1ccnc(N(C)C)n1)CC(O)Cn1c2ccccc2c2ccccc21. The van der Waals surface area contributed by atoms with Crippen molar-refractivity contribution in [2.75, 3.05) is 32.6 Å². The molecule has 2 aromatic carbocycles. The van der Waals surface area contributed by atoms with Gasteiger partial charge < -0.3 is 14.6 Å². The summed E-state index contributed by atoms with van der Waals surface area (Å²) in [4.78, 5) is 12.8. The van der Waals surface area contributed by atoms with Gasteiger partial charge in [0.15, 0.2) is 0 Å². The molecular formula is C23H27N5O. The highest BCUT2D eigenvalue weighted by Crippen LogP contribution is 2.28. The molecule has 1 unspecified atom stereocenters. The Labute approximate surface area is 171 Å². The van der Waals surface area contributed by atoms with E-state index in [4.69, 9.17) is 0 Å². The first-order chi connectivity index (χ1) is 14.0. The maximum absolute atomic E-state index is 10.8. The molecule has 2 aromatic heterocycles. The third-order valence-electron chi connectivity index (χ3n) is 5.13. The third kappa shape index (κ3) is 4.09. The van der Waals surface area contributed by atoms with E-state index in [9.17, 15) is 5.11 Å². The van der Waals surface area contributed by atoms with Crippen LogP contribution in [-0.4, -0.2) is 58.3 Å². The molecule has 0 spiro atoms. The molecule has 0 radical (unpaired) electrons. The van der Waals surface area contributed by atoms with Crippen molar-refractivity contribution >= 4 is 27.8 Å². The molecule has 0 saturated heterocycles. The molecule has 0 aliphatic rings. The van der Waals surface area contributed by atoms with Gasteiger partial charge in [-0.15, -0.1) is 0 Å². The first-order valence-corrected chi connectivity index (χ1v) is 9.85. The largest absolute Gasteiger partial charge is 0.390 e. The lowest BCUT2D eigenvalue weighted by Crippen LogP contribution is -2.32. The zero-order chi connectivity index (χ0) is 20.4. The Kier molecular flexibility index (Phi) is 5.47. The van der Waals surface area contributed by atoms with E-state index in [-0.39, 0.29) is 0 Å². The molecular weight excluding hydrogens is 362 g/mol. The van der Waals surface area contributed by atoms with Crippen LogP contribution in [0.25, 0.3) is 21.8 Å². The van der Waals surface area contributed by atoms with Crippen molar-refractivity contribution in [1.29, 1.82) is 0 Å². The van der Waals surface area contributed by atoms with E-state index in [2.05, 4.69) is 55.8 Å². The Bertz CT molecular complexity index is 1070. The Morgan fingerprint density at radius 1 is 0.931 bits per heavy atom.